The van der Waals surface area contributed by atoms with E-state index in [1.54, 1.807) is 30.3 Å². The van der Waals surface area contributed by atoms with E-state index in [4.69, 9.17) is 15.2 Å². The Morgan fingerprint density at radius 2 is 1.86 bits per heavy atom. The van der Waals surface area contributed by atoms with Gasteiger partial charge < -0.3 is 35.1 Å². The molecule has 0 aliphatic carbocycles. The van der Waals surface area contributed by atoms with Gasteiger partial charge in [0.15, 0.2) is 11.5 Å². The van der Waals surface area contributed by atoms with Crippen LogP contribution in [0.25, 0.3) is 10.8 Å². The molecule has 1 unspecified atom stereocenters. The van der Waals surface area contributed by atoms with Crippen molar-refractivity contribution in [3.63, 3.8) is 0 Å². The van der Waals surface area contributed by atoms with E-state index in [9.17, 15) is 23.5 Å². The lowest BCUT2D eigenvalue weighted by molar-refractivity contribution is -0.143. The van der Waals surface area contributed by atoms with Gasteiger partial charge in [-0.05, 0) is 64.8 Å². The van der Waals surface area contributed by atoms with Crippen LogP contribution in [0, 0.1) is 11.7 Å². The molecule has 43 heavy (non-hydrogen) atoms. The minimum atomic E-state index is -2.70. The molecule has 1 aliphatic heterocycles. The van der Waals surface area contributed by atoms with Gasteiger partial charge in [-0.15, -0.1) is 0 Å². The van der Waals surface area contributed by atoms with Crippen LogP contribution in [0.3, 0.4) is 0 Å². The number of halogens is 1. The van der Waals surface area contributed by atoms with E-state index in [0.29, 0.717) is 22.3 Å². The predicted octanol–water partition coefficient (Wildman–Crippen LogP) is 4.04. The van der Waals surface area contributed by atoms with Gasteiger partial charge in [0.2, 0.25) is 5.91 Å². The standard InChI is InChI=1S/C30H29FN4O7S/c1-41-23-14-21(22(31)15-24(23)42-2)26(34-17-7-8-18-16(13-17)9-11-33-28(18)32)29(36)35-12-10-20(30(37)38)27(35)19-5-3-4-6-25(19)43(39)40/h3-9,11,13-15,20,26-27,34H,10,12H2,1-2H3,(H2,32,33)(H,37,38)(H,39,40)/p-1/t20-,26+,27-/m0/s1. The van der Waals surface area contributed by atoms with Crippen LogP contribution < -0.4 is 20.5 Å². The number of nitrogens with one attached hydrogen (secondary N) is 1. The summed E-state index contributed by atoms with van der Waals surface area (Å²) in [4.78, 5) is 32.0. The lowest BCUT2D eigenvalue weighted by Gasteiger charge is -2.33. The number of anilines is 2. The number of rotatable bonds is 9. The fourth-order valence-corrected chi connectivity index (χ4v) is 6.12. The van der Waals surface area contributed by atoms with Gasteiger partial charge in [-0.25, -0.2) is 9.37 Å². The van der Waals surface area contributed by atoms with Crippen molar-refractivity contribution in [2.75, 3.05) is 31.8 Å². The largest absolute Gasteiger partial charge is 0.768 e. The molecule has 4 N–H and O–H groups in total. The van der Waals surface area contributed by atoms with Crippen LogP contribution >= 0.6 is 0 Å². The molecule has 1 amide bonds. The molecule has 3 aromatic carbocycles. The zero-order valence-electron chi connectivity index (χ0n) is 23.2. The average Bonchev–Trinajstić information content (AvgIpc) is 3.45. The maximum Gasteiger partial charge on any atom is 0.309 e. The van der Waals surface area contributed by atoms with Crippen LogP contribution in [0.15, 0.2) is 71.8 Å². The minimum absolute atomic E-state index is 0.00664. The number of hydrogen-bond acceptors (Lipinski definition) is 9. The van der Waals surface area contributed by atoms with E-state index in [1.807, 2.05) is 0 Å². The van der Waals surface area contributed by atoms with E-state index >= 15 is 4.39 Å². The van der Waals surface area contributed by atoms with E-state index in [2.05, 4.69) is 10.3 Å². The van der Waals surface area contributed by atoms with Crippen molar-refractivity contribution < 1.29 is 37.3 Å². The number of ether oxygens (including phenoxy) is 2. The summed E-state index contributed by atoms with van der Waals surface area (Å²) in [6, 6.07) is 12.7. The van der Waals surface area contributed by atoms with Crippen molar-refractivity contribution in [1.82, 2.24) is 9.88 Å². The van der Waals surface area contributed by atoms with Crippen molar-refractivity contribution in [1.29, 1.82) is 0 Å². The number of nitrogen functional groups attached to an aromatic ring is 1. The van der Waals surface area contributed by atoms with Crippen LogP contribution in [-0.4, -0.2) is 56.4 Å². The summed E-state index contributed by atoms with van der Waals surface area (Å²) in [7, 11) is 2.73. The number of nitrogens with zero attached hydrogens (tertiary/aromatic N) is 2. The highest BCUT2D eigenvalue weighted by Crippen LogP contribution is 2.43. The minimum Gasteiger partial charge on any atom is -0.768 e. The molecule has 4 aromatic rings. The van der Waals surface area contributed by atoms with Gasteiger partial charge in [0, 0.05) is 40.3 Å². The second-order valence-electron chi connectivity index (χ2n) is 9.92. The summed E-state index contributed by atoms with van der Waals surface area (Å²) >= 11 is -2.70. The average molecular weight is 608 g/mol. The molecule has 13 heteroatoms. The number of carboxylic acids is 1. The quantitative estimate of drug-likeness (QED) is 0.236. The fourth-order valence-electron chi connectivity index (χ4n) is 5.55. The predicted molar refractivity (Wildman–Crippen MR) is 156 cm³/mol. The summed E-state index contributed by atoms with van der Waals surface area (Å²) in [5, 5.41) is 14.5. The molecule has 4 atom stereocenters. The summed E-state index contributed by atoms with van der Waals surface area (Å²) in [6.07, 6.45) is 1.60. The Morgan fingerprint density at radius 3 is 2.56 bits per heavy atom. The molecule has 0 spiro atoms. The zero-order chi connectivity index (χ0) is 30.8. The molecule has 1 saturated heterocycles. The fraction of sp³-hybridized carbons (Fsp3) is 0.233. The zero-order valence-corrected chi connectivity index (χ0v) is 24.0. The SMILES string of the molecule is COc1cc(F)c([C@@H](Nc2ccc3c(N)nccc3c2)C(=O)N2CC[C@H](C(=O)O)[C@@H]2c2ccccc2S(=O)[O-])cc1OC. The number of carbonyl (C=O) groups excluding carboxylic acids is 1. The summed E-state index contributed by atoms with van der Waals surface area (Å²) in [5.74, 6) is -3.12. The maximum atomic E-state index is 15.7. The van der Waals surface area contributed by atoms with Gasteiger partial charge in [-0.3, -0.25) is 13.8 Å². The Kier molecular flexibility index (Phi) is 8.46. The molecule has 0 saturated carbocycles. The third-order valence-electron chi connectivity index (χ3n) is 7.58. The number of aromatic nitrogens is 1. The molecule has 2 heterocycles. The molecule has 1 aromatic heterocycles. The lowest BCUT2D eigenvalue weighted by atomic mass is 9.93. The number of likely N-dealkylation sites (tertiary alicyclic amines) is 1. The summed E-state index contributed by atoms with van der Waals surface area (Å²) < 4.78 is 50.5. The molecule has 1 fully saturated rings. The van der Waals surface area contributed by atoms with Crippen LogP contribution in [0.1, 0.15) is 29.6 Å². The van der Waals surface area contributed by atoms with Crippen LogP contribution in [-0.2, 0) is 20.7 Å². The Bertz CT molecular complexity index is 1740. The Labute approximate surface area is 248 Å². The molecular weight excluding hydrogens is 579 g/mol. The number of hydrogen-bond donors (Lipinski definition) is 3. The van der Waals surface area contributed by atoms with Crippen molar-refractivity contribution >= 4 is 45.2 Å². The van der Waals surface area contributed by atoms with E-state index in [0.717, 1.165) is 6.07 Å². The molecule has 1 aliphatic rings. The second-order valence-corrected chi connectivity index (χ2v) is 10.8. The number of pyridine rings is 1. The number of carboxylic acid groups (broad SMARTS) is 1. The van der Waals surface area contributed by atoms with Gasteiger partial charge in [-0.2, -0.15) is 0 Å². The smallest absolute Gasteiger partial charge is 0.309 e. The maximum absolute atomic E-state index is 15.7. The van der Waals surface area contributed by atoms with Gasteiger partial charge in [-0.1, -0.05) is 18.2 Å². The highest BCUT2D eigenvalue weighted by molar-refractivity contribution is 7.79. The first kappa shape index (κ1) is 29.7. The first-order valence-corrected chi connectivity index (χ1v) is 14.3. The Morgan fingerprint density at radius 1 is 1.14 bits per heavy atom. The van der Waals surface area contributed by atoms with Crippen LogP contribution in [0.5, 0.6) is 11.5 Å². The van der Waals surface area contributed by atoms with Crippen molar-refractivity contribution in [3.8, 4) is 11.5 Å². The molecular formula is C30H28FN4O7S-. The highest BCUT2D eigenvalue weighted by atomic mass is 32.2. The Balaban J connectivity index is 1.64. The van der Waals surface area contributed by atoms with E-state index in [-0.39, 0.29) is 40.5 Å². The second kappa shape index (κ2) is 12.2. The highest BCUT2D eigenvalue weighted by Gasteiger charge is 2.45. The van der Waals surface area contributed by atoms with Crippen molar-refractivity contribution in [2.24, 2.45) is 5.92 Å². The van der Waals surface area contributed by atoms with Gasteiger partial charge in [0.1, 0.15) is 17.7 Å². The van der Waals surface area contributed by atoms with Gasteiger partial charge in [0.25, 0.3) is 0 Å². The van der Waals surface area contributed by atoms with Crippen molar-refractivity contribution in [3.05, 3.63) is 83.8 Å². The number of amides is 1. The third-order valence-corrected chi connectivity index (χ3v) is 8.31. The molecule has 5 rings (SSSR count). The Hall–Kier alpha value is -4.75. The number of carbonyl (C=O) groups is 2. The number of nitrogens with two attached hydrogens (primary N) is 1. The first-order valence-electron chi connectivity index (χ1n) is 13.2. The number of fused-ring (bicyclic) bond motifs is 1. The summed E-state index contributed by atoms with van der Waals surface area (Å²) in [6.45, 7) is -0.00664. The van der Waals surface area contributed by atoms with Crippen LogP contribution in [0.2, 0.25) is 0 Å². The monoisotopic (exact) mass is 607 g/mol. The topological polar surface area (TPSA) is 167 Å². The van der Waals surface area contributed by atoms with Gasteiger partial charge in [0.05, 0.1) is 26.2 Å². The number of aliphatic carboxylic acids is 1. The lowest BCUT2D eigenvalue weighted by Crippen LogP contribution is -2.40. The number of methoxy groups -OCH3 is 2. The van der Waals surface area contributed by atoms with Crippen LogP contribution in [0.4, 0.5) is 15.9 Å². The normalized spacial score (nSPS) is 17.8. The molecule has 224 valence electrons. The van der Waals surface area contributed by atoms with E-state index < -0.39 is 46.8 Å². The molecule has 0 bridgehead atoms. The summed E-state index contributed by atoms with van der Waals surface area (Å²) in [5.41, 5.74) is 6.51. The molecule has 0 radical (unpaired) electrons. The third kappa shape index (κ3) is 5.68. The van der Waals surface area contributed by atoms with E-state index in [1.165, 1.54) is 49.6 Å². The van der Waals surface area contributed by atoms with Gasteiger partial charge >= 0.3 is 5.97 Å². The number of benzene rings is 3. The van der Waals surface area contributed by atoms with Crippen molar-refractivity contribution in [2.45, 2.75) is 23.4 Å². The first-order chi connectivity index (χ1) is 20.6. The molecule has 11 nitrogen and oxygen atoms in total.